The predicted molar refractivity (Wildman–Crippen MR) is 45.6 cm³/mol. The molecule has 0 fully saturated rings. The fourth-order valence-corrected chi connectivity index (χ4v) is 0.593. The van der Waals surface area contributed by atoms with Gasteiger partial charge in [0, 0.05) is 12.4 Å². The van der Waals surface area contributed by atoms with Crippen molar-refractivity contribution in [3.63, 3.8) is 0 Å². The fraction of sp³-hybridized carbons (Fsp3) is 0. The first-order valence-corrected chi connectivity index (χ1v) is 3.28. The molecule has 0 bridgehead atoms. The first-order valence-electron chi connectivity index (χ1n) is 2.87. The Bertz CT molecular complexity index is 236. The average Bonchev–Trinajstić information content (AvgIpc) is 2.06. The standard InChI is InChI=1S/C5H7N5S/c6-10-5(11)9-4-7-2-1-3-8-4/h1-3H,6H2,(H2,7,8,9,10,11). The van der Waals surface area contributed by atoms with E-state index in [2.05, 4.69) is 20.7 Å². The maximum absolute atomic E-state index is 5.01. The molecule has 0 aliphatic heterocycles. The molecular weight excluding hydrogens is 162 g/mol. The van der Waals surface area contributed by atoms with Crippen LogP contribution in [-0.2, 0) is 0 Å². The highest BCUT2D eigenvalue weighted by Gasteiger charge is 1.94. The van der Waals surface area contributed by atoms with Crippen LogP contribution in [0.3, 0.4) is 0 Å². The van der Waals surface area contributed by atoms with Crippen LogP contribution in [0.4, 0.5) is 5.95 Å². The molecular formula is C5H7N5S. The number of nitrogens with zero attached hydrogens (tertiary/aromatic N) is 2. The smallest absolute Gasteiger partial charge is 0.228 e. The van der Waals surface area contributed by atoms with Crippen LogP contribution in [0.15, 0.2) is 18.5 Å². The van der Waals surface area contributed by atoms with E-state index in [1.807, 2.05) is 0 Å². The summed E-state index contributed by atoms with van der Waals surface area (Å²) in [6, 6.07) is 1.71. The van der Waals surface area contributed by atoms with E-state index >= 15 is 0 Å². The minimum absolute atomic E-state index is 0.288. The molecule has 0 unspecified atom stereocenters. The Hall–Kier alpha value is -1.27. The first-order chi connectivity index (χ1) is 5.33. The molecule has 0 aromatic carbocycles. The lowest BCUT2D eigenvalue weighted by Crippen LogP contribution is -2.34. The highest BCUT2D eigenvalue weighted by atomic mass is 32.1. The third-order valence-electron chi connectivity index (χ3n) is 0.922. The molecule has 5 nitrogen and oxygen atoms in total. The SMILES string of the molecule is NNC(=S)Nc1ncccn1. The predicted octanol–water partition coefficient (Wildman–Crippen LogP) is -0.363. The van der Waals surface area contributed by atoms with E-state index in [4.69, 9.17) is 18.1 Å². The van der Waals surface area contributed by atoms with Crippen molar-refractivity contribution in [3.05, 3.63) is 18.5 Å². The fourth-order valence-electron chi connectivity index (χ4n) is 0.501. The summed E-state index contributed by atoms with van der Waals surface area (Å²) in [5.74, 6) is 5.44. The topological polar surface area (TPSA) is 75.9 Å². The van der Waals surface area contributed by atoms with Gasteiger partial charge in [0.05, 0.1) is 0 Å². The van der Waals surface area contributed by atoms with Crippen LogP contribution in [0.2, 0.25) is 0 Å². The highest BCUT2D eigenvalue weighted by Crippen LogP contribution is 1.91. The van der Waals surface area contributed by atoms with Gasteiger partial charge in [-0.05, 0) is 18.3 Å². The number of aromatic nitrogens is 2. The third-order valence-corrected chi connectivity index (χ3v) is 1.14. The number of thiocarbonyl (C=S) groups is 1. The van der Waals surface area contributed by atoms with Crippen molar-refractivity contribution in [2.24, 2.45) is 5.84 Å². The van der Waals surface area contributed by atoms with E-state index in [9.17, 15) is 0 Å². The van der Waals surface area contributed by atoms with Crippen molar-refractivity contribution in [1.29, 1.82) is 0 Å². The normalized spacial score (nSPS) is 8.82. The molecule has 0 aliphatic rings. The Labute approximate surface area is 69.0 Å². The Balaban J connectivity index is 2.58. The Morgan fingerprint density at radius 3 is 2.64 bits per heavy atom. The van der Waals surface area contributed by atoms with Crippen LogP contribution in [0.1, 0.15) is 0 Å². The first kappa shape index (κ1) is 7.83. The van der Waals surface area contributed by atoms with Gasteiger partial charge < -0.3 is 10.7 Å². The van der Waals surface area contributed by atoms with Gasteiger partial charge in [-0.2, -0.15) is 0 Å². The second-order valence-electron chi connectivity index (χ2n) is 1.67. The monoisotopic (exact) mass is 169 g/mol. The van der Waals surface area contributed by atoms with E-state index in [0.717, 1.165) is 0 Å². The Kier molecular flexibility index (Phi) is 2.70. The van der Waals surface area contributed by atoms with Crippen LogP contribution in [0.5, 0.6) is 0 Å². The minimum Gasteiger partial charge on any atom is -0.301 e. The van der Waals surface area contributed by atoms with Crippen molar-refractivity contribution in [2.45, 2.75) is 0 Å². The summed E-state index contributed by atoms with van der Waals surface area (Å²) in [5, 5.41) is 2.95. The second-order valence-corrected chi connectivity index (χ2v) is 2.08. The number of hydrogen-bond acceptors (Lipinski definition) is 4. The molecule has 0 atom stereocenters. The van der Waals surface area contributed by atoms with Gasteiger partial charge >= 0.3 is 0 Å². The van der Waals surface area contributed by atoms with E-state index in [1.54, 1.807) is 18.5 Å². The zero-order valence-corrected chi connectivity index (χ0v) is 6.43. The molecule has 0 radical (unpaired) electrons. The van der Waals surface area contributed by atoms with Crippen molar-refractivity contribution < 1.29 is 0 Å². The van der Waals surface area contributed by atoms with Crippen LogP contribution < -0.4 is 16.6 Å². The van der Waals surface area contributed by atoms with E-state index in [1.165, 1.54) is 0 Å². The Morgan fingerprint density at radius 1 is 1.45 bits per heavy atom. The van der Waals surface area contributed by atoms with Crippen molar-refractivity contribution in [1.82, 2.24) is 15.4 Å². The lowest BCUT2D eigenvalue weighted by atomic mass is 10.7. The number of hydrogen-bond donors (Lipinski definition) is 3. The summed E-state index contributed by atoms with van der Waals surface area (Å²) in [6.45, 7) is 0. The maximum Gasteiger partial charge on any atom is 0.228 e. The average molecular weight is 169 g/mol. The Morgan fingerprint density at radius 2 is 2.09 bits per heavy atom. The molecule has 1 aromatic heterocycles. The number of hydrazine groups is 1. The third kappa shape index (κ3) is 2.44. The van der Waals surface area contributed by atoms with Gasteiger partial charge in [0.25, 0.3) is 0 Å². The minimum atomic E-state index is 0.288. The highest BCUT2D eigenvalue weighted by molar-refractivity contribution is 7.80. The van der Waals surface area contributed by atoms with Crippen LogP contribution in [0, 0.1) is 0 Å². The van der Waals surface area contributed by atoms with Crippen LogP contribution in [0.25, 0.3) is 0 Å². The summed E-state index contributed by atoms with van der Waals surface area (Å²) in [5.41, 5.74) is 2.25. The molecule has 58 valence electrons. The molecule has 0 spiro atoms. The quantitative estimate of drug-likeness (QED) is 0.303. The maximum atomic E-state index is 5.01. The molecule has 0 saturated heterocycles. The number of nitrogens with two attached hydrogens (primary N) is 1. The lowest BCUT2D eigenvalue weighted by molar-refractivity contribution is 1.03. The van der Waals surface area contributed by atoms with Gasteiger partial charge in [-0.1, -0.05) is 0 Å². The number of anilines is 1. The van der Waals surface area contributed by atoms with Crippen molar-refractivity contribution >= 4 is 23.3 Å². The number of rotatable bonds is 1. The number of nitrogens with one attached hydrogen (secondary N) is 2. The van der Waals surface area contributed by atoms with Gasteiger partial charge in [0.1, 0.15) is 0 Å². The largest absolute Gasteiger partial charge is 0.301 e. The second kappa shape index (κ2) is 3.79. The van der Waals surface area contributed by atoms with Gasteiger partial charge in [-0.15, -0.1) is 0 Å². The van der Waals surface area contributed by atoms with Gasteiger partial charge in [-0.25, -0.2) is 15.8 Å². The summed E-state index contributed by atoms with van der Waals surface area (Å²) in [4.78, 5) is 7.72. The molecule has 0 aliphatic carbocycles. The summed E-state index contributed by atoms with van der Waals surface area (Å²) in [7, 11) is 0. The van der Waals surface area contributed by atoms with Crippen molar-refractivity contribution in [2.75, 3.05) is 5.32 Å². The molecule has 0 amide bonds. The molecule has 6 heteroatoms. The molecule has 1 heterocycles. The van der Waals surface area contributed by atoms with Crippen LogP contribution >= 0.6 is 12.2 Å². The molecule has 4 N–H and O–H groups in total. The van der Waals surface area contributed by atoms with Gasteiger partial charge in [-0.3, -0.25) is 0 Å². The molecule has 11 heavy (non-hydrogen) atoms. The summed E-state index contributed by atoms with van der Waals surface area (Å²) < 4.78 is 0. The molecule has 1 aromatic rings. The van der Waals surface area contributed by atoms with Gasteiger partial charge in [0.15, 0.2) is 5.11 Å². The lowest BCUT2D eigenvalue weighted by Gasteiger charge is -2.02. The van der Waals surface area contributed by atoms with E-state index in [-0.39, 0.29) is 5.11 Å². The van der Waals surface area contributed by atoms with Crippen molar-refractivity contribution in [3.8, 4) is 0 Å². The van der Waals surface area contributed by atoms with Gasteiger partial charge in [0.2, 0.25) is 5.95 Å². The molecule has 1 rings (SSSR count). The van der Waals surface area contributed by atoms with E-state index < -0.39 is 0 Å². The van der Waals surface area contributed by atoms with Crippen LogP contribution in [-0.4, -0.2) is 15.1 Å². The zero-order valence-electron chi connectivity index (χ0n) is 5.61. The summed E-state index contributed by atoms with van der Waals surface area (Å²) in [6.07, 6.45) is 3.21. The molecule has 0 saturated carbocycles. The summed E-state index contributed by atoms with van der Waals surface area (Å²) >= 11 is 4.71. The zero-order chi connectivity index (χ0) is 8.10. The van der Waals surface area contributed by atoms with E-state index in [0.29, 0.717) is 5.95 Å².